The number of hydrogen-bond acceptors (Lipinski definition) is 2. The van der Waals surface area contributed by atoms with Crippen molar-refractivity contribution < 1.29 is 9.53 Å². The van der Waals surface area contributed by atoms with Crippen molar-refractivity contribution in [1.29, 1.82) is 0 Å². The summed E-state index contributed by atoms with van der Waals surface area (Å²) >= 11 is 0. The predicted octanol–water partition coefficient (Wildman–Crippen LogP) is 3.32. The van der Waals surface area contributed by atoms with Crippen molar-refractivity contribution >= 4 is 5.97 Å². The highest BCUT2D eigenvalue weighted by molar-refractivity contribution is 5.81. The molecule has 0 aromatic carbocycles. The fourth-order valence-corrected chi connectivity index (χ4v) is 2.45. The van der Waals surface area contributed by atoms with Gasteiger partial charge in [-0.3, -0.25) is 0 Å². The lowest BCUT2D eigenvalue weighted by Crippen LogP contribution is -2.35. The minimum atomic E-state index is -0.185. The van der Waals surface area contributed by atoms with Gasteiger partial charge in [-0.15, -0.1) is 0 Å². The number of rotatable bonds is 3. The van der Waals surface area contributed by atoms with Crippen LogP contribution in [0.15, 0.2) is 12.2 Å². The third-order valence-electron chi connectivity index (χ3n) is 3.34. The van der Waals surface area contributed by atoms with E-state index in [0.717, 1.165) is 6.42 Å². The Morgan fingerprint density at radius 1 is 1.47 bits per heavy atom. The normalized spacial score (nSPS) is 31.8. The maximum absolute atomic E-state index is 11.4. The number of esters is 1. The molecule has 0 spiro atoms. The maximum Gasteiger partial charge on any atom is 0.330 e. The lowest BCUT2D eigenvalue weighted by molar-refractivity contribution is -0.151. The third kappa shape index (κ3) is 3.37. The molecule has 1 aliphatic rings. The number of ether oxygens (including phenoxy) is 1. The van der Waals surface area contributed by atoms with Gasteiger partial charge in [-0.05, 0) is 38.0 Å². The largest absolute Gasteiger partial charge is 0.459 e. The van der Waals surface area contributed by atoms with Crippen LogP contribution in [0.4, 0.5) is 0 Å². The molecule has 1 saturated carbocycles. The highest BCUT2D eigenvalue weighted by Gasteiger charge is 2.31. The van der Waals surface area contributed by atoms with Gasteiger partial charge in [0.25, 0.3) is 0 Å². The van der Waals surface area contributed by atoms with Crippen molar-refractivity contribution in [3.05, 3.63) is 12.2 Å². The summed E-state index contributed by atoms with van der Waals surface area (Å²) in [5.74, 6) is 0.885. The van der Waals surface area contributed by atoms with Crippen LogP contribution in [-0.4, -0.2) is 12.1 Å². The van der Waals surface area contributed by atoms with Crippen LogP contribution >= 0.6 is 0 Å². The molecule has 0 saturated heterocycles. The van der Waals surface area contributed by atoms with Crippen LogP contribution in [0.3, 0.4) is 0 Å². The molecule has 1 fully saturated rings. The molecule has 0 aromatic rings. The van der Waals surface area contributed by atoms with Crippen molar-refractivity contribution in [1.82, 2.24) is 0 Å². The Bertz CT molecular complexity index is 233. The Balaban J connectivity index is 2.57. The molecule has 3 unspecified atom stereocenters. The van der Waals surface area contributed by atoms with E-state index in [9.17, 15) is 4.79 Å². The Labute approximate surface area is 92.7 Å². The first-order valence-electron chi connectivity index (χ1n) is 6.02. The molecule has 0 bridgehead atoms. The van der Waals surface area contributed by atoms with Gasteiger partial charge in [0.1, 0.15) is 6.10 Å². The molecule has 2 heteroatoms. The van der Waals surface area contributed by atoms with Crippen molar-refractivity contribution in [3.8, 4) is 0 Å². The Kier molecular flexibility index (Phi) is 4.86. The summed E-state index contributed by atoms with van der Waals surface area (Å²) in [5.41, 5.74) is 0. The van der Waals surface area contributed by atoms with Crippen LogP contribution in [0.1, 0.15) is 46.5 Å². The van der Waals surface area contributed by atoms with Crippen LogP contribution < -0.4 is 0 Å². The average Bonchev–Trinajstić information content (AvgIpc) is 2.21. The summed E-state index contributed by atoms with van der Waals surface area (Å²) < 4.78 is 5.52. The first kappa shape index (κ1) is 12.3. The standard InChI is InChI=1S/C13H22O2/c1-4-7-12(14)15-13-10(3)8-6-9-11(13)5-2/h4,7,10-11,13H,5-6,8-9H2,1-3H3/b7-4+. The Morgan fingerprint density at radius 2 is 2.20 bits per heavy atom. The van der Waals surface area contributed by atoms with E-state index in [0.29, 0.717) is 11.8 Å². The predicted molar refractivity (Wildman–Crippen MR) is 61.5 cm³/mol. The van der Waals surface area contributed by atoms with Crippen LogP contribution in [0, 0.1) is 11.8 Å². The average molecular weight is 210 g/mol. The number of hydrogen-bond donors (Lipinski definition) is 0. The summed E-state index contributed by atoms with van der Waals surface area (Å²) in [4.78, 5) is 11.4. The zero-order valence-corrected chi connectivity index (χ0v) is 10.0. The molecule has 15 heavy (non-hydrogen) atoms. The van der Waals surface area contributed by atoms with Crippen LogP contribution in [0.5, 0.6) is 0 Å². The van der Waals surface area contributed by atoms with E-state index in [4.69, 9.17) is 4.74 Å². The second-order valence-electron chi connectivity index (χ2n) is 4.48. The van der Waals surface area contributed by atoms with Gasteiger partial charge in [0.2, 0.25) is 0 Å². The molecule has 0 aromatic heterocycles. The van der Waals surface area contributed by atoms with Crippen molar-refractivity contribution in [2.75, 3.05) is 0 Å². The van der Waals surface area contributed by atoms with E-state index in [1.165, 1.54) is 25.3 Å². The quantitative estimate of drug-likeness (QED) is 0.527. The molecule has 2 nitrogen and oxygen atoms in total. The van der Waals surface area contributed by atoms with Gasteiger partial charge in [0.15, 0.2) is 0 Å². The number of carbonyl (C=O) groups excluding carboxylic acids is 1. The van der Waals surface area contributed by atoms with Crippen LogP contribution in [0.25, 0.3) is 0 Å². The highest BCUT2D eigenvalue weighted by atomic mass is 16.5. The lowest BCUT2D eigenvalue weighted by Gasteiger charge is -2.35. The molecule has 86 valence electrons. The molecule has 1 rings (SSSR count). The molecule has 0 aliphatic heterocycles. The SMILES string of the molecule is C/C=C/C(=O)OC1C(C)CCCC1CC. The molecule has 0 N–H and O–H groups in total. The molecule has 0 heterocycles. The van der Waals surface area contributed by atoms with Gasteiger partial charge >= 0.3 is 5.97 Å². The van der Waals surface area contributed by atoms with Gasteiger partial charge in [-0.25, -0.2) is 4.79 Å². The van der Waals surface area contributed by atoms with Crippen molar-refractivity contribution in [3.63, 3.8) is 0 Å². The van der Waals surface area contributed by atoms with Gasteiger partial charge in [-0.1, -0.05) is 26.3 Å². The van der Waals surface area contributed by atoms with Crippen molar-refractivity contribution in [2.45, 2.75) is 52.6 Å². The van der Waals surface area contributed by atoms with E-state index in [1.807, 2.05) is 6.92 Å². The van der Waals surface area contributed by atoms with E-state index >= 15 is 0 Å². The molecular formula is C13H22O2. The Morgan fingerprint density at radius 3 is 2.80 bits per heavy atom. The topological polar surface area (TPSA) is 26.3 Å². The highest BCUT2D eigenvalue weighted by Crippen LogP contribution is 2.33. The molecule has 1 aliphatic carbocycles. The molecular weight excluding hydrogens is 188 g/mol. The van der Waals surface area contributed by atoms with Gasteiger partial charge in [0, 0.05) is 6.08 Å². The molecule has 3 atom stereocenters. The van der Waals surface area contributed by atoms with Crippen LogP contribution in [0.2, 0.25) is 0 Å². The van der Waals surface area contributed by atoms with E-state index in [-0.39, 0.29) is 12.1 Å². The monoisotopic (exact) mass is 210 g/mol. The van der Waals surface area contributed by atoms with Gasteiger partial charge in [-0.2, -0.15) is 0 Å². The van der Waals surface area contributed by atoms with E-state index in [2.05, 4.69) is 13.8 Å². The van der Waals surface area contributed by atoms with Crippen molar-refractivity contribution in [2.24, 2.45) is 11.8 Å². The fourth-order valence-electron chi connectivity index (χ4n) is 2.45. The number of carbonyl (C=O) groups is 1. The summed E-state index contributed by atoms with van der Waals surface area (Å²) in [5, 5.41) is 0. The lowest BCUT2D eigenvalue weighted by atomic mass is 9.78. The zero-order chi connectivity index (χ0) is 11.3. The second-order valence-corrected chi connectivity index (χ2v) is 4.48. The summed E-state index contributed by atoms with van der Waals surface area (Å²) in [6, 6.07) is 0. The second kappa shape index (κ2) is 5.94. The summed E-state index contributed by atoms with van der Waals surface area (Å²) in [6.45, 7) is 6.21. The van der Waals surface area contributed by atoms with Gasteiger partial charge < -0.3 is 4.74 Å². The van der Waals surface area contributed by atoms with E-state index in [1.54, 1.807) is 6.08 Å². The number of allylic oxidation sites excluding steroid dienone is 1. The van der Waals surface area contributed by atoms with E-state index < -0.39 is 0 Å². The minimum absolute atomic E-state index is 0.132. The minimum Gasteiger partial charge on any atom is -0.459 e. The Hall–Kier alpha value is -0.790. The first-order valence-corrected chi connectivity index (χ1v) is 6.02. The first-order chi connectivity index (χ1) is 7.19. The van der Waals surface area contributed by atoms with Crippen LogP contribution in [-0.2, 0) is 9.53 Å². The third-order valence-corrected chi connectivity index (χ3v) is 3.34. The molecule has 0 radical (unpaired) electrons. The summed E-state index contributed by atoms with van der Waals surface area (Å²) in [6.07, 6.45) is 8.14. The summed E-state index contributed by atoms with van der Waals surface area (Å²) in [7, 11) is 0. The maximum atomic E-state index is 11.4. The zero-order valence-electron chi connectivity index (χ0n) is 10.0. The fraction of sp³-hybridized carbons (Fsp3) is 0.769. The smallest absolute Gasteiger partial charge is 0.330 e. The molecule has 0 amide bonds. The van der Waals surface area contributed by atoms with Gasteiger partial charge in [0.05, 0.1) is 0 Å².